The van der Waals surface area contributed by atoms with Crippen LogP contribution in [0.25, 0.3) is 0 Å². The van der Waals surface area contributed by atoms with E-state index in [0.717, 1.165) is 25.1 Å². The number of ether oxygens (including phenoxy) is 1. The molecule has 0 fully saturated rings. The highest BCUT2D eigenvalue weighted by atomic mass is 16.5. The molecular weight excluding hydrogens is 252 g/mol. The predicted molar refractivity (Wildman–Crippen MR) is 81.9 cm³/mol. The molecule has 1 atom stereocenters. The van der Waals surface area contributed by atoms with Gasteiger partial charge in [0.2, 0.25) is 5.91 Å². The van der Waals surface area contributed by atoms with Crippen LogP contribution in [0.2, 0.25) is 0 Å². The number of benzene rings is 1. The van der Waals surface area contributed by atoms with Gasteiger partial charge in [0.05, 0.1) is 6.61 Å². The summed E-state index contributed by atoms with van der Waals surface area (Å²) in [5.74, 6) is 0.921. The summed E-state index contributed by atoms with van der Waals surface area (Å²) >= 11 is 0. The zero-order chi connectivity index (χ0) is 14.8. The highest BCUT2D eigenvalue weighted by Gasteiger charge is 2.05. The second-order valence-electron chi connectivity index (χ2n) is 4.87. The molecule has 1 aromatic rings. The summed E-state index contributed by atoms with van der Waals surface area (Å²) in [5.41, 5.74) is 1.22. The van der Waals surface area contributed by atoms with Crippen LogP contribution in [0.4, 0.5) is 0 Å². The summed E-state index contributed by atoms with van der Waals surface area (Å²) < 4.78 is 5.69. The Hall–Kier alpha value is -1.55. The summed E-state index contributed by atoms with van der Waals surface area (Å²) in [7, 11) is 1.65. The van der Waals surface area contributed by atoms with Crippen molar-refractivity contribution in [3.8, 4) is 5.75 Å². The lowest BCUT2D eigenvalue weighted by atomic mass is 10.1. The van der Waals surface area contributed by atoms with Crippen molar-refractivity contribution in [3.05, 3.63) is 29.8 Å². The van der Waals surface area contributed by atoms with E-state index in [1.165, 1.54) is 5.56 Å². The summed E-state index contributed by atoms with van der Waals surface area (Å²) in [4.78, 5) is 11.1. The molecule has 0 aromatic heterocycles. The van der Waals surface area contributed by atoms with Gasteiger partial charge in [0.15, 0.2) is 0 Å². The van der Waals surface area contributed by atoms with Gasteiger partial charge in [-0.3, -0.25) is 4.79 Å². The van der Waals surface area contributed by atoms with Crippen LogP contribution >= 0.6 is 0 Å². The molecule has 20 heavy (non-hydrogen) atoms. The molecule has 0 heterocycles. The van der Waals surface area contributed by atoms with Crippen molar-refractivity contribution in [1.82, 2.24) is 10.6 Å². The lowest BCUT2D eigenvalue weighted by Gasteiger charge is -2.15. The van der Waals surface area contributed by atoms with Crippen LogP contribution < -0.4 is 15.4 Å². The van der Waals surface area contributed by atoms with Crippen LogP contribution in [0.5, 0.6) is 5.75 Å². The minimum atomic E-state index is 0.0553. The minimum Gasteiger partial charge on any atom is -0.494 e. The molecule has 0 spiro atoms. The predicted octanol–water partition coefficient (Wildman–Crippen LogP) is 2.65. The Morgan fingerprint density at radius 2 is 2.20 bits per heavy atom. The Kier molecular flexibility index (Phi) is 7.73. The number of hydrogen-bond acceptors (Lipinski definition) is 3. The normalized spacial score (nSPS) is 11.9. The molecule has 1 rings (SSSR count). The maximum Gasteiger partial charge on any atom is 0.219 e. The second-order valence-corrected chi connectivity index (χ2v) is 4.87. The number of nitrogens with one attached hydrogen (secondary N) is 2. The third-order valence-corrected chi connectivity index (χ3v) is 3.15. The van der Waals surface area contributed by atoms with Gasteiger partial charge in [0.25, 0.3) is 0 Å². The topological polar surface area (TPSA) is 50.4 Å². The van der Waals surface area contributed by atoms with Crippen LogP contribution in [0.3, 0.4) is 0 Å². The van der Waals surface area contributed by atoms with Crippen molar-refractivity contribution in [2.75, 3.05) is 20.2 Å². The molecule has 0 bridgehead atoms. The van der Waals surface area contributed by atoms with Gasteiger partial charge in [-0.2, -0.15) is 0 Å². The fourth-order valence-electron chi connectivity index (χ4n) is 1.90. The van der Waals surface area contributed by atoms with Gasteiger partial charge in [0.1, 0.15) is 5.75 Å². The summed E-state index contributed by atoms with van der Waals surface area (Å²) in [6, 6.07) is 8.45. The van der Waals surface area contributed by atoms with Gasteiger partial charge in [-0.05, 0) is 44.0 Å². The maximum absolute atomic E-state index is 11.1. The number of hydrogen-bond donors (Lipinski definition) is 2. The first-order valence-corrected chi connectivity index (χ1v) is 7.34. The largest absolute Gasteiger partial charge is 0.494 e. The van der Waals surface area contributed by atoms with E-state index in [9.17, 15) is 4.79 Å². The van der Waals surface area contributed by atoms with Crippen LogP contribution in [0.15, 0.2) is 24.3 Å². The van der Waals surface area contributed by atoms with E-state index in [-0.39, 0.29) is 5.91 Å². The van der Waals surface area contributed by atoms with Gasteiger partial charge in [-0.25, -0.2) is 0 Å². The Morgan fingerprint density at radius 3 is 2.90 bits per heavy atom. The van der Waals surface area contributed by atoms with Crippen LogP contribution in [0, 0.1) is 0 Å². The van der Waals surface area contributed by atoms with Crippen molar-refractivity contribution in [3.63, 3.8) is 0 Å². The Bertz CT molecular complexity index is 407. The third kappa shape index (κ3) is 6.06. The fourth-order valence-corrected chi connectivity index (χ4v) is 1.90. The molecule has 1 aromatic carbocycles. The van der Waals surface area contributed by atoms with Crippen molar-refractivity contribution in [1.29, 1.82) is 0 Å². The van der Waals surface area contributed by atoms with Crippen LogP contribution in [0.1, 0.15) is 44.7 Å². The highest BCUT2D eigenvalue weighted by molar-refractivity contribution is 5.75. The molecule has 0 aliphatic heterocycles. The molecule has 4 nitrogen and oxygen atoms in total. The third-order valence-electron chi connectivity index (χ3n) is 3.15. The smallest absolute Gasteiger partial charge is 0.219 e. The van der Waals surface area contributed by atoms with E-state index >= 15 is 0 Å². The number of carbonyl (C=O) groups is 1. The SMILES string of the molecule is CCCNC(C)c1cccc(OCCCC(=O)NC)c1. The first-order valence-electron chi connectivity index (χ1n) is 7.34. The maximum atomic E-state index is 11.1. The average molecular weight is 278 g/mol. The summed E-state index contributed by atoms with van der Waals surface area (Å²) in [6.07, 6.45) is 2.36. The Morgan fingerprint density at radius 1 is 1.40 bits per heavy atom. The molecule has 4 heteroatoms. The molecular formula is C16H26N2O2. The van der Waals surface area contributed by atoms with Crippen molar-refractivity contribution in [2.24, 2.45) is 0 Å². The number of rotatable bonds is 9. The summed E-state index contributed by atoms with van der Waals surface area (Å²) in [5, 5.41) is 6.06. The lowest BCUT2D eigenvalue weighted by molar-refractivity contribution is -0.120. The Balaban J connectivity index is 2.41. The molecule has 0 aliphatic rings. The first kappa shape index (κ1) is 16.5. The quantitative estimate of drug-likeness (QED) is 0.683. The number of amides is 1. The van der Waals surface area contributed by atoms with Gasteiger partial charge in [-0.1, -0.05) is 19.1 Å². The Labute approximate surface area is 121 Å². The van der Waals surface area contributed by atoms with Crippen molar-refractivity contribution in [2.45, 2.75) is 39.2 Å². The van der Waals surface area contributed by atoms with Crippen molar-refractivity contribution >= 4 is 5.91 Å². The van der Waals surface area contributed by atoms with Gasteiger partial charge < -0.3 is 15.4 Å². The molecule has 1 amide bonds. The molecule has 0 saturated heterocycles. The van der Waals surface area contributed by atoms with Crippen molar-refractivity contribution < 1.29 is 9.53 Å². The van der Waals surface area contributed by atoms with E-state index in [1.807, 2.05) is 12.1 Å². The zero-order valence-corrected chi connectivity index (χ0v) is 12.7. The van der Waals surface area contributed by atoms with E-state index in [4.69, 9.17) is 4.74 Å². The molecule has 2 N–H and O–H groups in total. The molecule has 112 valence electrons. The minimum absolute atomic E-state index is 0.0553. The lowest BCUT2D eigenvalue weighted by Crippen LogP contribution is -2.19. The van der Waals surface area contributed by atoms with E-state index in [1.54, 1.807) is 7.05 Å². The van der Waals surface area contributed by atoms with Gasteiger partial charge >= 0.3 is 0 Å². The van der Waals surface area contributed by atoms with E-state index < -0.39 is 0 Å². The second kappa shape index (κ2) is 9.37. The first-order chi connectivity index (χ1) is 9.67. The molecule has 0 saturated carbocycles. The van der Waals surface area contributed by atoms with Crippen LogP contribution in [-0.2, 0) is 4.79 Å². The molecule has 0 radical (unpaired) electrons. The fraction of sp³-hybridized carbons (Fsp3) is 0.562. The standard InChI is InChI=1S/C16H26N2O2/c1-4-10-18-13(2)14-7-5-8-15(12-14)20-11-6-9-16(19)17-3/h5,7-8,12-13,18H,4,6,9-11H2,1-3H3,(H,17,19). The summed E-state index contributed by atoms with van der Waals surface area (Å²) in [6.45, 7) is 5.89. The van der Waals surface area contributed by atoms with Gasteiger partial charge in [0, 0.05) is 19.5 Å². The van der Waals surface area contributed by atoms with Gasteiger partial charge in [-0.15, -0.1) is 0 Å². The molecule has 1 unspecified atom stereocenters. The zero-order valence-electron chi connectivity index (χ0n) is 12.7. The average Bonchev–Trinajstić information content (AvgIpc) is 2.49. The monoisotopic (exact) mass is 278 g/mol. The van der Waals surface area contributed by atoms with Crippen LogP contribution in [-0.4, -0.2) is 26.1 Å². The van der Waals surface area contributed by atoms with E-state index in [2.05, 4.69) is 36.6 Å². The highest BCUT2D eigenvalue weighted by Crippen LogP contribution is 2.19. The van der Waals surface area contributed by atoms with E-state index in [0.29, 0.717) is 19.1 Å². The number of carbonyl (C=O) groups excluding carboxylic acids is 1. The molecule has 0 aliphatic carbocycles.